The molecule has 0 N–H and O–H groups in total. The van der Waals surface area contributed by atoms with Gasteiger partial charge in [-0.25, -0.2) is 9.97 Å². The molecule has 2 aliphatic rings. The van der Waals surface area contributed by atoms with Crippen molar-refractivity contribution in [3.05, 3.63) is 144 Å². The maximum Gasteiger partial charge on any atom is 0.160 e. The third-order valence-corrected chi connectivity index (χ3v) is 10.9. The monoisotopic (exact) mass is 604 g/mol. The Balaban J connectivity index is 1.27. The fourth-order valence-electron chi connectivity index (χ4n) is 8.48. The topological polar surface area (TPSA) is 38.9 Å². The summed E-state index contributed by atoms with van der Waals surface area (Å²) in [6, 6.07) is 43.5. The predicted octanol–water partition coefficient (Wildman–Crippen LogP) is 11.5. The Labute approximate surface area is 273 Å². The molecule has 47 heavy (non-hydrogen) atoms. The van der Waals surface area contributed by atoms with Crippen LogP contribution in [0.15, 0.2) is 126 Å². The molecular formula is C44H32N2O. The quantitative estimate of drug-likeness (QED) is 0.197. The van der Waals surface area contributed by atoms with Crippen LogP contribution in [0.5, 0.6) is 0 Å². The standard InChI is InChI=1S/C44H32N2O/c1-43(2)32-16-10-8-15-29(32)37-34(43)23-20-30-39(25-12-6-5-7-13-25)45-42(46-40(30)37)26-18-21-33-31(24-26)38-35(44(33,3)4)22-19-28-27-14-9-11-17-36(27)47-41(28)38/h5-24H,1-4H3. The van der Waals surface area contributed by atoms with Gasteiger partial charge in [0.1, 0.15) is 11.2 Å². The Hall–Kier alpha value is -5.54. The van der Waals surface area contributed by atoms with Crippen LogP contribution in [-0.2, 0) is 10.8 Å². The number of furan rings is 1. The van der Waals surface area contributed by atoms with Crippen molar-refractivity contribution in [1.82, 2.24) is 9.97 Å². The zero-order valence-corrected chi connectivity index (χ0v) is 26.8. The van der Waals surface area contributed by atoms with Crippen molar-refractivity contribution in [3.8, 4) is 44.9 Å². The van der Waals surface area contributed by atoms with Crippen molar-refractivity contribution in [1.29, 1.82) is 0 Å². The summed E-state index contributed by atoms with van der Waals surface area (Å²) >= 11 is 0. The normalized spacial score (nSPS) is 15.1. The minimum Gasteiger partial charge on any atom is -0.455 e. The molecule has 0 aliphatic heterocycles. The Kier molecular flexibility index (Phi) is 5.13. The molecule has 0 unspecified atom stereocenters. The number of para-hydroxylation sites is 1. The average Bonchev–Trinajstić information content (AvgIpc) is 3.68. The second kappa shape index (κ2) is 9.04. The Morgan fingerprint density at radius 1 is 0.489 bits per heavy atom. The molecule has 0 saturated heterocycles. The fraction of sp³-hybridized carbons (Fsp3) is 0.136. The highest BCUT2D eigenvalue weighted by Gasteiger charge is 2.39. The lowest BCUT2D eigenvalue weighted by Crippen LogP contribution is -2.15. The number of hydrogen-bond acceptors (Lipinski definition) is 3. The lowest BCUT2D eigenvalue weighted by molar-refractivity contribution is 0.653. The molecule has 6 aromatic carbocycles. The smallest absolute Gasteiger partial charge is 0.160 e. The largest absolute Gasteiger partial charge is 0.455 e. The van der Waals surface area contributed by atoms with Crippen LogP contribution in [0.1, 0.15) is 49.9 Å². The maximum atomic E-state index is 6.60. The van der Waals surface area contributed by atoms with E-state index in [4.69, 9.17) is 14.4 Å². The van der Waals surface area contributed by atoms with Gasteiger partial charge in [-0.3, -0.25) is 0 Å². The molecule has 3 nitrogen and oxygen atoms in total. The van der Waals surface area contributed by atoms with Gasteiger partial charge in [0.2, 0.25) is 0 Å². The summed E-state index contributed by atoms with van der Waals surface area (Å²) in [4.78, 5) is 10.8. The van der Waals surface area contributed by atoms with Gasteiger partial charge >= 0.3 is 0 Å². The summed E-state index contributed by atoms with van der Waals surface area (Å²) in [5.41, 5.74) is 15.7. The van der Waals surface area contributed by atoms with Gasteiger partial charge < -0.3 is 4.42 Å². The van der Waals surface area contributed by atoms with Gasteiger partial charge in [-0.1, -0.05) is 137 Å². The van der Waals surface area contributed by atoms with Crippen molar-refractivity contribution >= 4 is 32.8 Å². The van der Waals surface area contributed by atoms with Crippen molar-refractivity contribution < 1.29 is 4.42 Å². The molecule has 2 aliphatic carbocycles. The first-order chi connectivity index (χ1) is 22.8. The van der Waals surface area contributed by atoms with E-state index in [0.29, 0.717) is 0 Å². The summed E-state index contributed by atoms with van der Waals surface area (Å²) in [6.45, 7) is 9.27. The molecule has 0 fully saturated rings. The number of benzene rings is 6. The van der Waals surface area contributed by atoms with E-state index in [2.05, 4.69) is 143 Å². The fourth-order valence-corrected chi connectivity index (χ4v) is 8.48. The van der Waals surface area contributed by atoms with E-state index >= 15 is 0 Å². The van der Waals surface area contributed by atoms with Crippen LogP contribution in [0.4, 0.5) is 0 Å². The van der Waals surface area contributed by atoms with Crippen LogP contribution < -0.4 is 0 Å². The number of aromatic nitrogens is 2. The van der Waals surface area contributed by atoms with Gasteiger partial charge in [0.15, 0.2) is 5.82 Å². The van der Waals surface area contributed by atoms with Gasteiger partial charge in [0.05, 0.1) is 11.2 Å². The minimum absolute atomic E-state index is 0.112. The van der Waals surface area contributed by atoms with Crippen LogP contribution in [0.25, 0.3) is 77.7 Å². The van der Waals surface area contributed by atoms with Gasteiger partial charge in [-0.05, 0) is 45.5 Å². The van der Waals surface area contributed by atoms with Gasteiger partial charge in [-0.2, -0.15) is 0 Å². The van der Waals surface area contributed by atoms with Crippen LogP contribution >= 0.6 is 0 Å². The molecule has 224 valence electrons. The maximum absolute atomic E-state index is 6.60. The molecule has 0 spiro atoms. The lowest BCUT2D eigenvalue weighted by atomic mass is 9.82. The van der Waals surface area contributed by atoms with Crippen molar-refractivity contribution in [2.75, 3.05) is 0 Å². The summed E-state index contributed by atoms with van der Waals surface area (Å²) in [7, 11) is 0. The molecule has 0 atom stereocenters. The minimum atomic E-state index is -0.161. The third-order valence-electron chi connectivity index (χ3n) is 10.9. The van der Waals surface area contributed by atoms with Crippen LogP contribution in [-0.4, -0.2) is 9.97 Å². The van der Waals surface area contributed by atoms with E-state index in [1.165, 1.54) is 44.5 Å². The molecule has 0 saturated carbocycles. The SMILES string of the molecule is CC1(C)c2ccccc2-c2c1ccc1c(-c3ccccc3)nc(-c3ccc4c(c3)-c3c(ccc5c3oc3ccccc35)C4(C)C)nc21. The summed E-state index contributed by atoms with van der Waals surface area (Å²) in [6.07, 6.45) is 0. The van der Waals surface area contributed by atoms with Gasteiger partial charge in [0.25, 0.3) is 0 Å². The van der Waals surface area contributed by atoms with Crippen LogP contribution in [0.2, 0.25) is 0 Å². The molecule has 0 amide bonds. The molecule has 0 radical (unpaired) electrons. The molecule has 3 heteroatoms. The molecule has 8 aromatic rings. The van der Waals surface area contributed by atoms with Crippen molar-refractivity contribution in [2.45, 2.75) is 38.5 Å². The highest BCUT2D eigenvalue weighted by molar-refractivity contribution is 6.12. The van der Waals surface area contributed by atoms with E-state index in [1.807, 2.05) is 6.07 Å². The van der Waals surface area contributed by atoms with Crippen molar-refractivity contribution in [3.63, 3.8) is 0 Å². The third kappa shape index (κ3) is 3.46. The van der Waals surface area contributed by atoms with Crippen molar-refractivity contribution in [2.24, 2.45) is 0 Å². The zero-order chi connectivity index (χ0) is 31.7. The first kappa shape index (κ1) is 26.7. The second-order valence-corrected chi connectivity index (χ2v) is 14.2. The van der Waals surface area contributed by atoms with Crippen LogP contribution in [0, 0.1) is 0 Å². The first-order valence-corrected chi connectivity index (χ1v) is 16.4. The Bertz CT molecular complexity index is 2620. The number of rotatable bonds is 2. The summed E-state index contributed by atoms with van der Waals surface area (Å²) < 4.78 is 6.60. The Morgan fingerprint density at radius 2 is 1.15 bits per heavy atom. The van der Waals surface area contributed by atoms with E-state index < -0.39 is 0 Å². The second-order valence-electron chi connectivity index (χ2n) is 14.2. The molecular weight excluding hydrogens is 572 g/mol. The number of nitrogens with zero attached hydrogens (tertiary/aromatic N) is 2. The highest BCUT2D eigenvalue weighted by atomic mass is 16.3. The van der Waals surface area contributed by atoms with E-state index in [1.54, 1.807) is 0 Å². The molecule has 0 bridgehead atoms. The molecule has 2 aromatic heterocycles. The van der Waals surface area contributed by atoms with Crippen LogP contribution in [0.3, 0.4) is 0 Å². The molecule has 10 rings (SSSR count). The predicted molar refractivity (Wildman–Crippen MR) is 193 cm³/mol. The first-order valence-electron chi connectivity index (χ1n) is 16.4. The number of hydrogen-bond donors (Lipinski definition) is 0. The van der Waals surface area contributed by atoms with E-state index in [-0.39, 0.29) is 10.8 Å². The summed E-state index contributed by atoms with van der Waals surface area (Å²) in [5.74, 6) is 0.734. The van der Waals surface area contributed by atoms with Gasteiger partial charge in [0, 0.05) is 49.2 Å². The zero-order valence-electron chi connectivity index (χ0n) is 26.8. The lowest BCUT2D eigenvalue weighted by Gasteiger charge is -2.22. The average molecular weight is 605 g/mol. The highest BCUT2D eigenvalue weighted by Crippen LogP contribution is 2.54. The van der Waals surface area contributed by atoms with E-state index in [9.17, 15) is 0 Å². The molecule has 2 heterocycles. The number of fused-ring (bicyclic) bond motifs is 12. The Morgan fingerprint density at radius 3 is 1.98 bits per heavy atom. The van der Waals surface area contributed by atoms with E-state index in [0.717, 1.165) is 55.5 Å². The van der Waals surface area contributed by atoms with Gasteiger partial charge in [-0.15, -0.1) is 0 Å². The summed E-state index contributed by atoms with van der Waals surface area (Å²) in [5, 5.41) is 3.37.